The van der Waals surface area contributed by atoms with Gasteiger partial charge in [-0.25, -0.2) is 0 Å². The van der Waals surface area contributed by atoms with E-state index in [9.17, 15) is 5.26 Å². The summed E-state index contributed by atoms with van der Waals surface area (Å²) in [6.45, 7) is 4.46. The van der Waals surface area contributed by atoms with E-state index >= 15 is 0 Å². The third kappa shape index (κ3) is 4.04. The minimum Gasteiger partial charge on any atom is -0.368 e. The van der Waals surface area contributed by atoms with Crippen LogP contribution in [0.15, 0.2) is 42.6 Å². The van der Waals surface area contributed by atoms with Crippen LogP contribution in [0.25, 0.3) is 0 Å². The number of rotatable bonds is 6. The van der Waals surface area contributed by atoms with E-state index in [1.165, 1.54) is 0 Å². The number of benzene rings is 1. The van der Waals surface area contributed by atoms with E-state index in [1.54, 1.807) is 6.20 Å². The normalized spacial score (nSPS) is 10.1. The lowest BCUT2D eigenvalue weighted by molar-refractivity contribution is 0.726. The zero-order valence-corrected chi connectivity index (χ0v) is 12.5. The topological polar surface area (TPSA) is 52.0 Å². The fourth-order valence-corrected chi connectivity index (χ4v) is 2.20. The summed E-state index contributed by atoms with van der Waals surface area (Å²) in [5.74, 6) is 0. The monoisotopic (exact) mass is 280 g/mol. The molecule has 0 aliphatic carbocycles. The molecule has 0 aliphatic rings. The zero-order chi connectivity index (χ0) is 15.1. The lowest BCUT2D eigenvalue weighted by Gasteiger charge is -2.20. The van der Waals surface area contributed by atoms with Crippen LogP contribution >= 0.6 is 0 Å². The highest BCUT2D eigenvalue weighted by molar-refractivity contribution is 5.60. The van der Waals surface area contributed by atoms with Crippen molar-refractivity contribution in [1.29, 1.82) is 5.26 Å². The lowest BCUT2D eigenvalue weighted by atomic mass is 10.1. The van der Waals surface area contributed by atoms with Crippen molar-refractivity contribution in [3.8, 4) is 6.07 Å². The summed E-state index contributed by atoms with van der Waals surface area (Å²) < 4.78 is 0. The molecule has 1 N–H and O–H groups in total. The van der Waals surface area contributed by atoms with Crippen LogP contribution < -0.4 is 10.2 Å². The Balaban J connectivity index is 2.17. The Bertz CT molecular complexity index is 616. The van der Waals surface area contributed by atoms with Crippen molar-refractivity contribution < 1.29 is 0 Å². The Morgan fingerprint density at radius 2 is 2.14 bits per heavy atom. The van der Waals surface area contributed by atoms with Crippen LogP contribution in [0.1, 0.15) is 23.7 Å². The molecule has 0 fully saturated rings. The van der Waals surface area contributed by atoms with Gasteiger partial charge in [0.05, 0.1) is 23.5 Å². The Hall–Kier alpha value is -2.38. The van der Waals surface area contributed by atoms with Crippen molar-refractivity contribution in [2.45, 2.75) is 20.0 Å². The Morgan fingerprint density at radius 1 is 1.29 bits per heavy atom. The fraction of sp³-hybridized carbons (Fsp3) is 0.294. The average molecular weight is 280 g/mol. The van der Waals surface area contributed by atoms with Gasteiger partial charge in [0.1, 0.15) is 6.07 Å². The van der Waals surface area contributed by atoms with Crippen molar-refractivity contribution in [1.82, 2.24) is 10.3 Å². The number of pyridine rings is 1. The van der Waals surface area contributed by atoms with Gasteiger partial charge in [0, 0.05) is 19.8 Å². The van der Waals surface area contributed by atoms with Crippen LogP contribution in [0.2, 0.25) is 0 Å². The first-order chi connectivity index (χ1) is 10.2. The summed E-state index contributed by atoms with van der Waals surface area (Å²) in [6.07, 6.45) is 1.79. The number of nitrogens with one attached hydrogen (secondary N) is 1. The molecular formula is C17H20N4. The molecule has 1 heterocycles. The van der Waals surface area contributed by atoms with E-state index in [-0.39, 0.29) is 0 Å². The average Bonchev–Trinajstić information content (AvgIpc) is 2.53. The summed E-state index contributed by atoms with van der Waals surface area (Å²) in [5.41, 5.74) is 3.75. The van der Waals surface area contributed by atoms with Crippen LogP contribution in [-0.2, 0) is 13.1 Å². The molecule has 108 valence electrons. The minimum atomic E-state index is 0.683. The van der Waals surface area contributed by atoms with Crippen molar-refractivity contribution >= 4 is 5.69 Å². The molecule has 0 radical (unpaired) electrons. The van der Waals surface area contributed by atoms with Crippen LogP contribution in [0.4, 0.5) is 5.69 Å². The summed E-state index contributed by atoms with van der Waals surface area (Å²) >= 11 is 0. The molecule has 4 nitrogen and oxygen atoms in total. The maximum Gasteiger partial charge on any atom is 0.101 e. The van der Waals surface area contributed by atoms with Gasteiger partial charge in [0.2, 0.25) is 0 Å². The molecule has 0 atom stereocenters. The number of aromatic nitrogens is 1. The molecule has 0 saturated heterocycles. The SMILES string of the molecule is CCNCc1ccc(N(C)Cc2ccccn2)c(C#N)c1. The van der Waals surface area contributed by atoms with Crippen LogP contribution in [0.5, 0.6) is 0 Å². The molecule has 0 bridgehead atoms. The molecule has 1 aromatic heterocycles. The van der Waals surface area contributed by atoms with Crippen molar-refractivity contribution in [3.63, 3.8) is 0 Å². The number of nitrogens with zero attached hydrogens (tertiary/aromatic N) is 3. The first-order valence-corrected chi connectivity index (χ1v) is 7.09. The second kappa shape index (κ2) is 7.41. The number of nitriles is 1. The number of hydrogen-bond donors (Lipinski definition) is 1. The van der Waals surface area contributed by atoms with Crippen molar-refractivity contribution in [3.05, 3.63) is 59.4 Å². The third-order valence-electron chi connectivity index (χ3n) is 3.30. The molecular weight excluding hydrogens is 260 g/mol. The quantitative estimate of drug-likeness (QED) is 0.884. The molecule has 2 aromatic rings. The molecule has 0 saturated carbocycles. The highest BCUT2D eigenvalue weighted by atomic mass is 15.1. The van der Waals surface area contributed by atoms with E-state index in [0.717, 1.165) is 30.0 Å². The molecule has 4 heteroatoms. The highest BCUT2D eigenvalue weighted by Gasteiger charge is 2.09. The Labute approximate surface area is 126 Å². The fourth-order valence-electron chi connectivity index (χ4n) is 2.20. The number of hydrogen-bond acceptors (Lipinski definition) is 4. The first kappa shape index (κ1) is 15.0. The maximum atomic E-state index is 9.37. The van der Waals surface area contributed by atoms with Gasteiger partial charge >= 0.3 is 0 Å². The van der Waals surface area contributed by atoms with Crippen LogP contribution in [0, 0.1) is 11.3 Å². The molecule has 0 amide bonds. The third-order valence-corrected chi connectivity index (χ3v) is 3.30. The molecule has 2 rings (SSSR count). The smallest absolute Gasteiger partial charge is 0.101 e. The summed E-state index contributed by atoms with van der Waals surface area (Å²) in [5, 5.41) is 12.6. The van der Waals surface area contributed by atoms with Gasteiger partial charge in [-0.05, 0) is 36.4 Å². The molecule has 1 aromatic carbocycles. The summed E-state index contributed by atoms with van der Waals surface area (Å²) in [7, 11) is 1.98. The van der Waals surface area contributed by atoms with E-state index in [4.69, 9.17) is 0 Å². The first-order valence-electron chi connectivity index (χ1n) is 7.09. The van der Waals surface area contributed by atoms with E-state index in [1.807, 2.05) is 37.4 Å². The van der Waals surface area contributed by atoms with Crippen molar-refractivity contribution in [2.24, 2.45) is 0 Å². The molecule has 0 spiro atoms. The Morgan fingerprint density at radius 3 is 2.81 bits per heavy atom. The van der Waals surface area contributed by atoms with Gasteiger partial charge in [-0.1, -0.05) is 19.1 Å². The van der Waals surface area contributed by atoms with Crippen LogP contribution in [-0.4, -0.2) is 18.6 Å². The van der Waals surface area contributed by atoms with E-state index < -0.39 is 0 Å². The lowest BCUT2D eigenvalue weighted by Crippen LogP contribution is -2.19. The zero-order valence-electron chi connectivity index (χ0n) is 12.5. The summed E-state index contributed by atoms with van der Waals surface area (Å²) in [6, 6.07) is 14.2. The van der Waals surface area contributed by atoms with Crippen molar-refractivity contribution in [2.75, 3.05) is 18.5 Å². The molecule has 0 aliphatic heterocycles. The van der Waals surface area contributed by atoms with E-state index in [0.29, 0.717) is 12.1 Å². The number of anilines is 1. The molecule has 0 unspecified atom stereocenters. The largest absolute Gasteiger partial charge is 0.368 e. The standard InChI is InChI=1S/C17H20N4/c1-3-19-12-14-7-8-17(15(10-14)11-18)21(2)13-16-6-4-5-9-20-16/h4-10,19H,3,12-13H2,1-2H3. The maximum absolute atomic E-state index is 9.37. The van der Waals surface area contributed by atoms with Gasteiger partial charge in [-0.3, -0.25) is 4.98 Å². The predicted molar refractivity (Wildman–Crippen MR) is 84.9 cm³/mol. The Kier molecular flexibility index (Phi) is 5.30. The molecule has 21 heavy (non-hydrogen) atoms. The summed E-state index contributed by atoms with van der Waals surface area (Å²) in [4.78, 5) is 6.38. The highest BCUT2D eigenvalue weighted by Crippen LogP contribution is 2.21. The van der Waals surface area contributed by atoms with E-state index in [2.05, 4.69) is 34.3 Å². The predicted octanol–water partition coefficient (Wildman–Crippen LogP) is 2.70. The van der Waals surface area contributed by atoms with Gasteiger partial charge in [0.25, 0.3) is 0 Å². The van der Waals surface area contributed by atoms with Gasteiger partial charge in [-0.15, -0.1) is 0 Å². The second-order valence-corrected chi connectivity index (χ2v) is 4.92. The van der Waals surface area contributed by atoms with Gasteiger partial charge < -0.3 is 10.2 Å². The second-order valence-electron chi connectivity index (χ2n) is 4.92. The van der Waals surface area contributed by atoms with Gasteiger partial charge in [-0.2, -0.15) is 5.26 Å². The van der Waals surface area contributed by atoms with Crippen LogP contribution in [0.3, 0.4) is 0 Å². The minimum absolute atomic E-state index is 0.683. The van der Waals surface area contributed by atoms with Gasteiger partial charge in [0.15, 0.2) is 0 Å².